The Kier molecular flexibility index (Phi) is 6.49. The summed E-state index contributed by atoms with van der Waals surface area (Å²) in [6, 6.07) is 17.4. The van der Waals surface area contributed by atoms with Gasteiger partial charge in [-0.15, -0.1) is 0 Å². The summed E-state index contributed by atoms with van der Waals surface area (Å²) >= 11 is 6.49. The number of aryl methyl sites for hydroxylation is 2. The van der Waals surface area contributed by atoms with Crippen molar-refractivity contribution in [3.8, 4) is 0 Å². The SMILES string of the molecule is Cn1c(=O)n(CCc2ccccc2)c(=O)c2c1nc(N1CCCC(N)C1)n2Cc1ccccc1Cl. The van der Waals surface area contributed by atoms with Crippen molar-refractivity contribution in [1.29, 1.82) is 0 Å². The zero-order valence-electron chi connectivity index (χ0n) is 19.7. The lowest BCUT2D eigenvalue weighted by Gasteiger charge is -2.32. The first-order valence-corrected chi connectivity index (χ1v) is 12.3. The molecule has 1 aliphatic rings. The van der Waals surface area contributed by atoms with E-state index in [1.807, 2.05) is 59.2 Å². The van der Waals surface area contributed by atoms with Gasteiger partial charge in [-0.1, -0.05) is 60.1 Å². The largest absolute Gasteiger partial charge is 0.341 e. The van der Waals surface area contributed by atoms with E-state index in [0.29, 0.717) is 41.6 Å². The molecule has 2 N–H and O–H groups in total. The summed E-state index contributed by atoms with van der Waals surface area (Å²) in [5.41, 5.74) is 8.26. The number of rotatable bonds is 6. The summed E-state index contributed by atoms with van der Waals surface area (Å²) in [5.74, 6) is 0.642. The first-order chi connectivity index (χ1) is 16.9. The number of hydrogen-bond acceptors (Lipinski definition) is 5. The molecule has 0 aliphatic carbocycles. The lowest BCUT2D eigenvalue weighted by atomic mass is 10.1. The molecule has 1 saturated heterocycles. The highest BCUT2D eigenvalue weighted by atomic mass is 35.5. The Morgan fingerprint density at radius 2 is 1.80 bits per heavy atom. The second-order valence-corrected chi connectivity index (χ2v) is 9.55. The van der Waals surface area contributed by atoms with Gasteiger partial charge in [0.1, 0.15) is 0 Å². The Morgan fingerprint density at radius 1 is 1.06 bits per heavy atom. The first kappa shape index (κ1) is 23.4. The molecule has 9 heteroatoms. The van der Waals surface area contributed by atoms with E-state index in [4.69, 9.17) is 22.3 Å². The fourth-order valence-corrected chi connectivity index (χ4v) is 5.02. The molecular formula is C26H29ClN6O2. The number of aromatic nitrogens is 4. The first-order valence-electron chi connectivity index (χ1n) is 11.9. The highest BCUT2D eigenvalue weighted by Gasteiger charge is 2.26. The van der Waals surface area contributed by atoms with Crippen LogP contribution in [0.3, 0.4) is 0 Å². The molecule has 35 heavy (non-hydrogen) atoms. The van der Waals surface area contributed by atoms with Crippen molar-refractivity contribution in [2.45, 2.75) is 38.4 Å². The average Bonchev–Trinajstić information content (AvgIpc) is 3.24. The van der Waals surface area contributed by atoms with Gasteiger partial charge in [0.15, 0.2) is 11.2 Å². The van der Waals surface area contributed by atoms with E-state index in [1.54, 1.807) is 7.05 Å². The number of anilines is 1. The zero-order chi connectivity index (χ0) is 24.5. The van der Waals surface area contributed by atoms with Crippen LogP contribution in [0.4, 0.5) is 5.95 Å². The number of imidazole rings is 1. The molecule has 0 bridgehead atoms. The van der Waals surface area contributed by atoms with E-state index in [9.17, 15) is 9.59 Å². The fraction of sp³-hybridized carbons (Fsp3) is 0.346. The Labute approximate surface area is 208 Å². The van der Waals surface area contributed by atoms with Crippen LogP contribution in [-0.2, 0) is 26.6 Å². The summed E-state index contributed by atoms with van der Waals surface area (Å²) < 4.78 is 4.68. The maximum atomic E-state index is 13.8. The Morgan fingerprint density at radius 3 is 2.54 bits per heavy atom. The molecule has 8 nitrogen and oxygen atoms in total. The number of benzene rings is 2. The van der Waals surface area contributed by atoms with Crippen LogP contribution in [-0.4, -0.2) is 37.8 Å². The molecule has 1 unspecified atom stereocenters. The fourth-order valence-electron chi connectivity index (χ4n) is 4.82. The van der Waals surface area contributed by atoms with E-state index < -0.39 is 0 Å². The van der Waals surface area contributed by atoms with Crippen LogP contribution in [0.1, 0.15) is 24.0 Å². The average molecular weight is 493 g/mol. The third kappa shape index (κ3) is 4.51. The van der Waals surface area contributed by atoms with Crippen molar-refractivity contribution in [3.05, 3.63) is 91.6 Å². The Bertz CT molecular complexity index is 1470. The highest BCUT2D eigenvalue weighted by Crippen LogP contribution is 2.26. The molecule has 3 heterocycles. The van der Waals surface area contributed by atoms with Crippen LogP contribution in [0.15, 0.2) is 64.2 Å². The third-order valence-electron chi connectivity index (χ3n) is 6.71. The molecule has 182 valence electrons. The predicted molar refractivity (Wildman–Crippen MR) is 139 cm³/mol. The molecule has 4 aromatic rings. The molecule has 1 atom stereocenters. The van der Waals surface area contributed by atoms with Crippen molar-refractivity contribution < 1.29 is 0 Å². The molecule has 1 aliphatic heterocycles. The van der Waals surface area contributed by atoms with Crippen LogP contribution >= 0.6 is 11.6 Å². The number of piperidine rings is 1. The van der Waals surface area contributed by atoms with Crippen molar-refractivity contribution in [3.63, 3.8) is 0 Å². The smallest absolute Gasteiger partial charge is 0.332 e. The van der Waals surface area contributed by atoms with Gasteiger partial charge < -0.3 is 10.6 Å². The number of nitrogens with zero attached hydrogens (tertiary/aromatic N) is 5. The molecule has 0 amide bonds. The van der Waals surface area contributed by atoms with Crippen molar-refractivity contribution in [2.24, 2.45) is 12.8 Å². The lowest BCUT2D eigenvalue weighted by Crippen LogP contribution is -2.44. The van der Waals surface area contributed by atoms with E-state index in [1.165, 1.54) is 9.13 Å². The molecule has 2 aromatic carbocycles. The predicted octanol–water partition coefficient (Wildman–Crippen LogP) is 2.77. The van der Waals surface area contributed by atoms with Crippen LogP contribution in [0.2, 0.25) is 5.02 Å². The van der Waals surface area contributed by atoms with E-state index in [0.717, 1.165) is 30.5 Å². The number of nitrogens with two attached hydrogens (primary N) is 1. The normalized spacial score (nSPS) is 16.2. The van der Waals surface area contributed by atoms with Crippen molar-refractivity contribution in [2.75, 3.05) is 18.0 Å². The van der Waals surface area contributed by atoms with Gasteiger partial charge in [-0.05, 0) is 36.5 Å². The minimum Gasteiger partial charge on any atom is -0.341 e. The summed E-state index contributed by atoms with van der Waals surface area (Å²) in [7, 11) is 1.67. The van der Waals surface area contributed by atoms with E-state index >= 15 is 0 Å². The Hall–Kier alpha value is -3.36. The Balaban J connectivity index is 1.67. The van der Waals surface area contributed by atoms with Gasteiger partial charge in [0.25, 0.3) is 5.56 Å². The maximum absolute atomic E-state index is 13.8. The number of fused-ring (bicyclic) bond motifs is 1. The minimum atomic E-state index is -0.372. The van der Waals surface area contributed by atoms with Gasteiger partial charge in [-0.2, -0.15) is 4.98 Å². The van der Waals surface area contributed by atoms with Gasteiger partial charge in [0.05, 0.1) is 6.54 Å². The molecule has 5 rings (SSSR count). The highest BCUT2D eigenvalue weighted by molar-refractivity contribution is 6.31. The quantitative estimate of drug-likeness (QED) is 0.447. The van der Waals surface area contributed by atoms with Crippen LogP contribution < -0.4 is 21.9 Å². The van der Waals surface area contributed by atoms with Gasteiger partial charge in [0, 0.05) is 37.7 Å². The van der Waals surface area contributed by atoms with Gasteiger partial charge in [-0.25, -0.2) is 4.79 Å². The van der Waals surface area contributed by atoms with Crippen LogP contribution in [0, 0.1) is 0 Å². The van der Waals surface area contributed by atoms with E-state index in [2.05, 4.69) is 4.90 Å². The second kappa shape index (κ2) is 9.71. The molecular weight excluding hydrogens is 464 g/mol. The number of hydrogen-bond donors (Lipinski definition) is 1. The second-order valence-electron chi connectivity index (χ2n) is 9.14. The third-order valence-corrected chi connectivity index (χ3v) is 7.07. The summed E-state index contributed by atoms with van der Waals surface area (Å²) in [6.07, 6.45) is 2.47. The molecule has 1 fully saturated rings. The van der Waals surface area contributed by atoms with Gasteiger partial charge in [0.2, 0.25) is 5.95 Å². The minimum absolute atomic E-state index is 0.0312. The zero-order valence-corrected chi connectivity index (χ0v) is 20.5. The van der Waals surface area contributed by atoms with Crippen molar-refractivity contribution >= 4 is 28.7 Å². The topological polar surface area (TPSA) is 91.1 Å². The van der Waals surface area contributed by atoms with Gasteiger partial charge in [-0.3, -0.25) is 18.5 Å². The monoisotopic (exact) mass is 492 g/mol. The molecule has 0 radical (unpaired) electrons. The summed E-state index contributed by atoms with van der Waals surface area (Å²) in [4.78, 5) is 33.9. The molecule has 0 spiro atoms. The molecule has 0 saturated carbocycles. The van der Waals surface area contributed by atoms with Crippen LogP contribution in [0.25, 0.3) is 11.2 Å². The van der Waals surface area contributed by atoms with Gasteiger partial charge >= 0.3 is 5.69 Å². The lowest BCUT2D eigenvalue weighted by molar-refractivity contribution is 0.495. The standard InChI is InChI=1S/C26H29ClN6O2/c1-30-23-22(24(34)32(26(30)35)15-13-18-8-3-2-4-9-18)33(16-19-10-5-6-12-21(19)27)25(29-23)31-14-7-11-20(28)17-31/h2-6,8-10,12,20H,7,11,13-17,28H2,1H3. The molecule has 2 aromatic heterocycles. The summed E-state index contributed by atoms with van der Waals surface area (Å²) in [6.45, 7) is 2.08. The van der Waals surface area contributed by atoms with Crippen molar-refractivity contribution in [1.82, 2.24) is 18.7 Å². The number of halogens is 1. The summed E-state index contributed by atoms with van der Waals surface area (Å²) in [5, 5.41) is 0.616. The van der Waals surface area contributed by atoms with Crippen LogP contribution in [0.5, 0.6) is 0 Å². The maximum Gasteiger partial charge on any atom is 0.332 e. The van der Waals surface area contributed by atoms with E-state index in [-0.39, 0.29) is 23.8 Å².